The highest BCUT2D eigenvalue weighted by Crippen LogP contribution is 2.37. The van der Waals surface area contributed by atoms with Crippen LogP contribution in [0.2, 0.25) is 0 Å². The lowest BCUT2D eigenvalue weighted by Gasteiger charge is -2.31. The number of benzene rings is 5. The molecule has 0 aliphatic heterocycles. The van der Waals surface area contributed by atoms with Crippen molar-refractivity contribution in [2.24, 2.45) is 5.41 Å². The maximum absolute atomic E-state index is 14.1. The van der Waals surface area contributed by atoms with Crippen molar-refractivity contribution in [3.05, 3.63) is 139 Å². The highest BCUT2D eigenvalue weighted by atomic mass is 35.5. The molecule has 5 aromatic rings. The van der Waals surface area contributed by atoms with Crippen LogP contribution < -0.4 is 19.5 Å². The van der Waals surface area contributed by atoms with Crippen molar-refractivity contribution in [1.29, 1.82) is 0 Å². The van der Waals surface area contributed by atoms with Crippen LogP contribution in [0.3, 0.4) is 0 Å². The summed E-state index contributed by atoms with van der Waals surface area (Å²) in [6.07, 6.45) is 0. The van der Waals surface area contributed by atoms with E-state index in [-0.39, 0.29) is 22.1 Å². The Morgan fingerprint density at radius 2 is 1.27 bits per heavy atom. The van der Waals surface area contributed by atoms with Gasteiger partial charge in [-0.3, -0.25) is 14.3 Å². The molecule has 5 rings (SSSR count). The third-order valence-corrected chi connectivity index (χ3v) is 11.4. The molecule has 0 spiro atoms. The smallest absolute Gasteiger partial charge is 0.320 e. The van der Waals surface area contributed by atoms with Crippen LogP contribution in [0.5, 0.6) is 11.5 Å². The second-order valence-electron chi connectivity index (χ2n) is 12.9. The van der Waals surface area contributed by atoms with Gasteiger partial charge in [-0.1, -0.05) is 98.6 Å². The Hall–Kier alpha value is -5.17. The van der Waals surface area contributed by atoms with Crippen molar-refractivity contribution >= 4 is 54.5 Å². The number of sulfone groups is 1. The summed E-state index contributed by atoms with van der Waals surface area (Å²) in [5, 5.41) is -0.0615. The second-order valence-corrected chi connectivity index (χ2v) is 17.1. The van der Waals surface area contributed by atoms with E-state index < -0.39 is 52.6 Å². The van der Waals surface area contributed by atoms with E-state index in [1.54, 1.807) is 70.2 Å². The van der Waals surface area contributed by atoms with Gasteiger partial charge in [0.15, 0.2) is 0 Å². The molecule has 0 saturated carbocycles. The van der Waals surface area contributed by atoms with Crippen molar-refractivity contribution in [3.63, 3.8) is 0 Å². The summed E-state index contributed by atoms with van der Waals surface area (Å²) in [7, 11) is -8.75. The molecule has 0 fully saturated rings. The minimum atomic E-state index is -4.39. The fourth-order valence-corrected chi connectivity index (χ4v) is 7.91. The number of ketones is 1. The fraction of sp³-hybridized carbons (Fsp3) is 0.179. The molecule has 270 valence electrons. The number of nitrogens with one attached hydrogen (secondary N) is 2. The summed E-state index contributed by atoms with van der Waals surface area (Å²) < 4.78 is 69.5. The van der Waals surface area contributed by atoms with Crippen molar-refractivity contribution in [2.45, 2.75) is 54.0 Å². The third kappa shape index (κ3) is 8.82. The van der Waals surface area contributed by atoms with Crippen LogP contribution in [-0.4, -0.2) is 33.6 Å². The van der Waals surface area contributed by atoms with Gasteiger partial charge in [0.25, 0.3) is 15.9 Å². The Bertz CT molecular complexity index is 2280. The Morgan fingerprint density at radius 3 is 1.87 bits per heavy atom. The number of anilines is 2. The first kappa shape index (κ1) is 38.1. The molecule has 0 aliphatic carbocycles. The molecule has 1 amide bonds. The fourth-order valence-electron chi connectivity index (χ4n) is 4.96. The number of hydrogen-bond donors (Lipinski definition) is 2. The number of ether oxygens (including phenoxy) is 2. The van der Waals surface area contributed by atoms with Crippen molar-refractivity contribution in [3.8, 4) is 11.5 Å². The molecule has 10 nitrogen and oxygen atoms in total. The Kier molecular flexibility index (Phi) is 11.1. The standard InChI is InChI=1S/C39H37ClN2O8S2/c1-27-15-20-33(21-16-27)52(47,48)42-34-25-31(50-39(40,36(43)38(2,3)4)37(44)41-29-13-9-6-10-14-29)19-24-35(34)51(45,46)32-22-17-30(18-23-32)49-26-28-11-7-5-8-12-28/h5-25,42H,26H2,1-4H3,(H,41,44). The maximum atomic E-state index is 14.1. The van der Waals surface area contributed by atoms with Crippen LogP contribution in [0.4, 0.5) is 11.4 Å². The second kappa shape index (κ2) is 15.2. The molecule has 13 heteroatoms. The summed E-state index contributed by atoms with van der Waals surface area (Å²) in [5.41, 5.74) is 0.492. The minimum Gasteiger partial charge on any atom is -0.489 e. The van der Waals surface area contributed by atoms with E-state index in [2.05, 4.69) is 10.0 Å². The minimum absolute atomic E-state index is 0.135. The SMILES string of the molecule is Cc1ccc(S(=O)(=O)Nc2cc(OC(Cl)(C(=O)Nc3ccccc3)C(=O)C(C)(C)C)ccc2S(=O)(=O)c2ccc(OCc3ccccc3)cc2)cc1. The topological polar surface area (TPSA) is 145 Å². The van der Waals surface area contributed by atoms with Gasteiger partial charge >= 0.3 is 5.06 Å². The van der Waals surface area contributed by atoms with Crippen LogP contribution in [0.25, 0.3) is 0 Å². The number of carbonyl (C=O) groups is 2. The number of halogens is 1. The lowest BCUT2D eigenvalue weighted by Crippen LogP contribution is -2.54. The van der Waals surface area contributed by atoms with Crippen LogP contribution in [-0.2, 0) is 36.1 Å². The average molecular weight is 761 g/mol. The van der Waals surface area contributed by atoms with Gasteiger partial charge in [0.05, 0.1) is 20.4 Å². The van der Waals surface area contributed by atoms with E-state index in [1.165, 1.54) is 42.5 Å². The van der Waals surface area contributed by atoms with E-state index in [0.717, 1.165) is 23.3 Å². The number of sulfonamides is 1. The molecule has 1 atom stereocenters. The van der Waals surface area contributed by atoms with Crippen LogP contribution in [0.1, 0.15) is 31.9 Å². The van der Waals surface area contributed by atoms with Gasteiger partial charge in [-0.2, -0.15) is 0 Å². The molecule has 0 aromatic heterocycles. The van der Waals surface area contributed by atoms with E-state index in [4.69, 9.17) is 21.1 Å². The van der Waals surface area contributed by atoms with Crippen LogP contribution >= 0.6 is 11.6 Å². The zero-order valence-corrected chi connectivity index (χ0v) is 31.2. The highest BCUT2D eigenvalue weighted by Gasteiger charge is 2.51. The molecule has 0 bridgehead atoms. The van der Waals surface area contributed by atoms with E-state index in [0.29, 0.717) is 11.4 Å². The van der Waals surface area contributed by atoms with Gasteiger partial charge < -0.3 is 14.8 Å². The first-order valence-electron chi connectivity index (χ1n) is 16.0. The zero-order chi connectivity index (χ0) is 37.7. The van der Waals surface area contributed by atoms with Gasteiger partial charge in [-0.25, -0.2) is 16.8 Å². The monoisotopic (exact) mass is 760 g/mol. The molecule has 0 aliphatic rings. The molecule has 0 heterocycles. The first-order chi connectivity index (χ1) is 24.5. The van der Waals surface area contributed by atoms with Crippen molar-refractivity contribution < 1.29 is 35.9 Å². The van der Waals surface area contributed by atoms with Crippen molar-refractivity contribution in [2.75, 3.05) is 10.0 Å². The largest absolute Gasteiger partial charge is 0.489 e. The van der Waals surface area contributed by atoms with Gasteiger partial charge in [0, 0.05) is 17.2 Å². The average Bonchev–Trinajstić information content (AvgIpc) is 3.11. The predicted molar refractivity (Wildman–Crippen MR) is 200 cm³/mol. The third-order valence-electron chi connectivity index (χ3n) is 7.75. The molecule has 0 saturated heterocycles. The molecule has 0 radical (unpaired) electrons. The molecule has 52 heavy (non-hydrogen) atoms. The summed E-state index contributed by atoms with van der Waals surface area (Å²) in [6.45, 7) is 6.72. The number of Topliss-reactive ketones (excluding diaryl/α,β-unsaturated/α-hetero) is 1. The quantitative estimate of drug-likeness (QED) is 0.0915. The number of rotatable bonds is 13. The van der Waals surface area contributed by atoms with E-state index in [9.17, 15) is 26.4 Å². The normalized spacial score (nSPS) is 13.0. The van der Waals surface area contributed by atoms with Gasteiger partial charge in [0.2, 0.25) is 15.6 Å². The summed E-state index contributed by atoms with van der Waals surface area (Å²) in [4.78, 5) is 26.6. The predicted octanol–water partition coefficient (Wildman–Crippen LogP) is 7.78. The molecule has 2 N–H and O–H groups in total. The molecule has 5 aromatic carbocycles. The maximum Gasteiger partial charge on any atom is 0.320 e. The number of carbonyl (C=O) groups excluding carboxylic acids is 2. The van der Waals surface area contributed by atoms with Gasteiger partial charge in [0.1, 0.15) is 18.1 Å². The number of para-hydroxylation sites is 1. The lowest BCUT2D eigenvalue weighted by atomic mass is 9.86. The Labute approximate surface area is 308 Å². The van der Waals surface area contributed by atoms with E-state index >= 15 is 0 Å². The van der Waals surface area contributed by atoms with Crippen LogP contribution in [0, 0.1) is 12.3 Å². The van der Waals surface area contributed by atoms with E-state index in [1.807, 2.05) is 30.3 Å². The van der Waals surface area contributed by atoms with Crippen LogP contribution in [0.15, 0.2) is 142 Å². The number of aryl methyl sites for hydroxylation is 1. The molecular weight excluding hydrogens is 724 g/mol. The Balaban J connectivity index is 1.54. The number of hydrogen-bond acceptors (Lipinski definition) is 8. The first-order valence-corrected chi connectivity index (χ1v) is 19.4. The summed E-state index contributed by atoms with van der Waals surface area (Å²) in [6, 6.07) is 32.7. The van der Waals surface area contributed by atoms with Gasteiger partial charge in [-0.15, -0.1) is 0 Å². The lowest BCUT2D eigenvalue weighted by molar-refractivity contribution is -0.144. The summed E-state index contributed by atoms with van der Waals surface area (Å²) in [5.74, 6) is -1.65. The van der Waals surface area contributed by atoms with Crippen molar-refractivity contribution in [1.82, 2.24) is 0 Å². The molecule has 1 unspecified atom stereocenters. The molecular formula is C39H37ClN2O8S2. The highest BCUT2D eigenvalue weighted by molar-refractivity contribution is 7.93. The zero-order valence-electron chi connectivity index (χ0n) is 28.8. The van der Waals surface area contributed by atoms with Gasteiger partial charge in [-0.05, 0) is 73.2 Å². The number of amides is 1. The number of alkyl halides is 1. The summed E-state index contributed by atoms with van der Waals surface area (Å²) >= 11 is 6.76. The Morgan fingerprint density at radius 1 is 0.712 bits per heavy atom.